The molecule has 5 nitrogen and oxygen atoms in total. The first-order chi connectivity index (χ1) is 9.02. The maximum atomic E-state index is 7.34. The predicted octanol–water partition coefficient (Wildman–Crippen LogP) is 1.87. The normalized spacial score (nSPS) is 11.0. The van der Waals surface area contributed by atoms with E-state index in [2.05, 4.69) is 23.7 Å². The Morgan fingerprint density at radius 1 is 1.53 bits per heavy atom. The minimum atomic E-state index is 0.229. The van der Waals surface area contributed by atoms with Crippen LogP contribution in [-0.2, 0) is 6.54 Å². The van der Waals surface area contributed by atoms with Crippen LogP contribution in [0.25, 0.3) is 0 Å². The molecule has 1 aromatic rings. The molecule has 0 aromatic carbocycles. The monoisotopic (exact) mass is 264 g/mol. The van der Waals surface area contributed by atoms with E-state index in [-0.39, 0.29) is 5.84 Å². The molecule has 0 fully saturated rings. The molecule has 0 amide bonds. The van der Waals surface area contributed by atoms with Crippen molar-refractivity contribution in [2.24, 2.45) is 11.7 Å². The molecular weight excluding hydrogens is 240 g/mol. The van der Waals surface area contributed by atoms with Gasteiger partial charge >= 0.3 is 0 Å². The Hall–Kier alpha value is -1.62. The first kappa shape index (κ1) is 15.4. The van der Waals surface area contributed by atoms with E-state index in [0.717, 1.165) is 25.2 Å². The number of hydrogen-bond acceptors (Lipinski definition) is 4. The van der Waals surface area contributed by atoms with E-state index in [9.17, 15) is 0 Å². The highest BCUT2D eigenvalue weighted by Gasteiger charge is 2.12. The van der Waals surface area contributed by atoms with Crippen LogP contribution in [0.4, 0.5) is 0 Å². The second kappa shape index (κ2) is 7.74. The Bertz CT molecular complexity index is 406. The van der Waals surface area contributed by atoms with Crippen LogP contribution in [0.15, 0.2) is 18.3 Å². The molecule has 0 atom stereocenters. The highest BCUT2D eigenvalue weighted by molar-refractivity contribution is 5.76. The van der Waals surface area contributed by atoms with Crippen LogP contribution < -0.4 is 10.5 Å². The summed E-state index contributed by atoms with van der Waals surface area (Å²) in [6.07, 6.45) is 2.32. The number of methoxy groups -OCH3 is 1. The third-order valence-electron chi connectivity index (χ3n) is 2.76. The number of pyridine rings is 1. The van der Waals surface area contributed by atoms with Crippen molar-refractivity contribution in [3.05, 3.63) is 23.9 Å². The SMILES string of the molecule is COc1ncccc1CN(CCC(=N)N)CC(C)C. The van der Waals surface area contributed by atoms with Crippen LogP contribution in [0.1, 0.15) is 25.8 Å². The minimum Gasteiger partial charge on any atom is -0.481 e. The molecule has 0 unspecified atom stereocenters. The van der Waals surface area contributed by atoms with E-state index in [4.69, 9.17) is 15.9 Å². The molecule has 0 bridgehead atoms. The number of nitrogens with two attached hydrogens (primary N) is 1. The van der Waals surface area contributed by atoms with E-state index in [1.807, 2.05) is 12.1 Å². The van der Waals surface area contributed by atoms with Crippen molar-refractivity contribution < 1.29 is 4.74 Å². The second-order valence-electron chi connectivity index (χ2n) is 5.08. The van der Waals surface area contributed by atoms with Crippen molar-refractivity contribution in [3.8, 4) is 5.88 Å². The van der Waals surface area contributed by atoms with Gasteiger partial charge in [0.2, 0.25) is 5.88 Å². The topological polar surface area (TPSA) is 75.2 Å². The van der Waals surface area contributed by atoms with Crippen molar-refractivity contribution in [2.45, 2.75) is 26.8 Å². The fraction of sp³-hybridized carbons (Fsp3) is 0.571. The van der Waals surface area contributed by atoms with Gasteiger partial charge in [0.1, 0.15) is 0 Å². The summed E-state index contributed by atoms with van der Waals surface area (Å²) in [6.45, 7) is 6.88. The van der Waals surface area contributed by atoms with Gasteiger partial charge in [0.25, 0.3) is 0 Å². The number of ether oxygens (including phenoxy) is 1. The van der Waals surface area contributed by atoms with Gasteiger partial charge in [-0.25, -0.2) is 4.98 Å². The van der Waals surface area contributed by atoms with Crippen molar-refractivity contribution in [2.75, 3.05) is 20.2 Å². The molecule has 0 radical (unpaired) electrons. The third kappa shape index (κ3) is 5.70. The average Bonchev–Trinajstić information content (AvgIpc) is 2.36. The first-order valence-electron chi connectivity index (χ1n) is 6.56. The van der Waals surface area contributed by atoms with Gasteiger partial charge in [-0.15, -0.1) is 0 Å². The van der Waals surface area contributed by atoms with Crippen LogP contribution in [0, 0.1) is 11.3 Å². The van der Waals surface area contributed by atoms with Gasteiger partial charge in [0.05, 0.1) is 12.9 Å². The van der Waals surface area contributed by atoms with Gasteiger partial charge in [-0.2, -0.15) is 0 Å². The maximum absolute atomic E-state index is 7.34. The molecule has 1 aromatic heterocycles. The lowest BCUT2D eigenvalue weighted by Crippen LogP contribution is -2.31. The van der Waals surface area contributed by atoms with E-state index in [1.54, 1.807) is 13.3 Å². The van der Waals surface area contributed by atoms with E-state index in [1.165, 1.54) is 0 Å². The van der Waals surface area contributed by atoms with Crippen molar-refractivity contribution in [3.63, 3.8) is 0 Å². The van der Waals surface area contributed by atoms with E-state index < -0.39 is 0 Å². The third-order valence-corrected chi connectivity index (χ3v) is 2.76. The summed E-state index contributed by atoms with van der Waals surface area (Å²) in [5.41, 5.74) is 6.50. The zero-order valence-corrected chi connectivity index (χ0v) is 12.0. The molecule has 1 rings (SSSR count). The Morgan fingerprint density at radius 3 is 2.84 bits per heavy atom. The summed E-state index contributed by atoms with van der Waals surface area (Å²) in [6, 6.07) is 3.93. The molecule has 0 spiro atoms. The Labute approximate surface area is 115 Å². The molecule has 0 saturated carbocycles. The Kier molecular flexibility index (Phi) is 6.29. The molecule has 1 heterocycles. The predicted molar refractivity (Wildman–Crippen MR) is 77.4 cm³/mol. The molecule has 3 N–H and O–H groups in total. The second-order valence-corrected chi connectivity index (χ2v) is 5.08. The zero-order chi connectivity index (χ0) is 14.3. The van der Waals surface area contributed by atoms with Crippen molar-refractivity contribution in [1.29, 1.82) is 5.41 Å². The number of aromatic nitrogens is 1. The van der Waals surface area contributed by atoms with Gasteiger partial charge in [-0.1, -0.05) is 19.9 Å². The van der Waals surface area contributed by atoms with Crippen molar-refractivity contribution in [1.82, 2.24) is 9.88 Å². The smallest absolute Gasteiger partial charge is 0.217 e. The average molecular weight is 264 g/mol. The van der Waals surface area contributed by atoms with Crippen LogP contribution in [0.2, 0.25) is 0 Å². The van der Waals surface area contributed by atoms with Gasteiger partial charge in [-0.05, 0) is 12.0 Å². The van der Waals surface area contributed by atoms with Gasteiger partial charge in [0.15, 0.2) is 0 Å². The largest absolute Gasteiger partial charge is 0.481 e. The molecule has 0 aliphatic heterocycles. The standard InChI is InChI=1S/C14H24N4O/c1-11(2)9-18(8-6-13(15)16)10-12-5-4-7-17-14(12)19-3/h4-5,7,11H,6,8-10H2,1-3H3,(H3,15,16). The van der Waals surface area contributed by atoms with Gasteiger partial charge in [0, 0.05) is 37.8 Å². The van der Waals surface area contributed by atoms with Crippen LogP contribution in [-0.4, -0.2) is 35.9 Å². The molecule has 106 valence electrons. The lowest BCUT2D eigenvalue weighted by atomic mass is 10.1. The van der Waals surface area contributed by atoms with E-state index >= 15 is 0 Å². The van der Waals surface area contributed by atoms with Gasteiger partial charge < -0.3 is 10.5 Å². The quantitative estimate of drug-likeness (QED) is 0.555. The number of nitrogens with one attached hydrogen (secondary N) is 1. The molecule has 19 heavy (non-hydrogen) atoms. The number of amidine groups is 1. The molecule has 0 saturated heterocycles. The fourth-order valence-corrected chi connectivity index (χ4v) is 2.00. The number of rotatable bonds is 8. The Balaban J connectivity index is 2.72. The highest BCUT2D eigenvalue weighted by Crippen LogP contribution is 2.17. The fourth-order valence-electron chi connectivity index (χ4n) is 2.00. The maximum Gasteiger partial charge on any atom is 0.217 e. The zero-order valence-electron chi connectivity index (χ0n) is 12.0. The summed E-state index contributed by atoms with van der Waals surface area (Å²) in [5, 5.41) is 7.34. The van der Waals surface area contributed by atoms with Crippen LogP contribution in [0.5, 0.6) is 5.88 Å². The van der Waals surface area contributed by atoms with Crippen molar-refractivity contribution >= 4 is 5.84 Å². The van der Waals surface area contributed by atoms with E-state index in [0.29, 0.717) is 18.2 Å². The summed E-state index contributed by atoms with van der Waals surface area (Å²) in [7, 11) is 1.63. The molecule has 0 aliphatic carbocycles. The number of hydrogen-bond donors (Lipinski definition) is 2. The summed E-state index contributed by atoms with van der Waals surface area (Å²) in [5.74, 6) is 1.46. The summed E-state index contributed by atoms with van der Waals surface area (Å²) in [4.78, 5) is 6.49. The van der Waals surface area contributed by atoms with Crippen LogP contribution in [0.3, 0.4) is 0 Å². The van der Waals surface area contributed by atoms with Crippen LogP contribution >= 0.6 is 0 Å². The van der Waals surface area contributed by atoms with Gasteiger partial charge in [-0.3, -0.25) is 10.3 Å². The molecular formula is C14H24N4O. The molecule has 0 aliphatic rings. The molecule has 5 heteroatoms. The lowest BCUT2D eigenvalue weighted by Gasteiger charge is -2.24. The summed E-state index contributed by atoms with van der Waals surface area (Å²) < 4.78 is 5.27. The highest BCUT2D eigenvalue weighted by atomic mass is 16.5. The Morgan fingerprint density at radius 2 is 2.26 bits per heavy atom. The lowest BCUT2D eigenvalue weighted by molar-refractivity contribution is 0.238. The number of nitrogens with zero attached hydrogens (tertiary/aromatic N) is 2. The first-order valence-corrected chi connectivity index (χ1v) is 6.56. The minimum absolute atomic E-state index is 0.229. The summed E-state index contributed by atoms with van der Waals surface area (Å²) >= 11 is 0.